The maximum absolute atomic E-state index is 12.0. The lowest BCUT2D eigenvalue weighted by molar-refractivity contribution is 0.0490. The van der Waals surface area contributed by atoms with Crippen molar-refractivity contribution in [1.82, 2.24) is 9.69 Å². The number of carbonyl (C=O) groups is 2. The minimum Gasteiger partial charge on any atom is -0.444 e. The Hall–Kier alpha value is -1.43. The molecule has 0 aromatic carbocycles. The average molecular weight is 270 g/mol. The van der Waals surface area contributed by atoms with Gasteiger partial charge < -0.3 is 10.1 Å². The molecular weight excluding hydrogens is 252 g/mol. The van der Waals surface area contributed by atoms with E-state index in [0.717, 1.165) is 0 Å². The van der Waals surface area contributed by atoms with E-state index in [1.54, 1.807) is 32.2 Å². The Bertz CT molecular complexity index is 409. The van der Waals surface area contributed by atoms with E-state index in [9.17, 15) is 9.59 Å². The molecule has 1 N–H and O–H groups in total. The first-order valence-corrected chi connectivity index (χ1v) is 6.61. The Balaban J connectivity index is 2.63. The van der Waals surface area contributed by atoms with Crippen molar-refractivity contribution in [2.45, 2.75) is 45.8 Å². The van der Waals surface area contributed by atoms with Gasteiger partial charge in [-0.3, -0.25) is 4.79 Å². The molecule has 1 rings (SSSR count). The van der Waals surface area contributed by atoms with Gasteiger partial charge in [0, 0.05) is 5.38 Å². The van der Waals surface area contributed by atoms with Crippen LogP contribution in [0.2, 0.25) is 0 Å². The summed E-state index contributed by atoms with van der Waals surface area (Å²) in [6, 6.07) is 1.05. The van der Waals surface area contributed by atoms with Crippen LogP contribution < -0.4 is 5.32 Å². The van der Waals surface area contributed by atoms with Crippen molar-refractivity contribution in [3.05, 3.63) is 17.1 Å². The van der Waals surface area contributed by atoms with Gasteiger partial charge >= 0.3 is 6.09 Å². The zero-order chi connectivity index (χ0) is 13.8. The highest BCUT2D eigenvalue weighted by Gasteiger charge is 2.24. The molecule has 0 aliphatic rings. The number of alkyl carbamates (subject to hydrolysis) is 1. The van der Waals surface area contributed by atoms with Gasteiger partial charge in [0.15, 0.2) is 0 Å². The number of hydrogen-bond acceptors (Lipinski definition) is 5. The fraction of sp³-hybridized carbons (Fsp3) is 0.583. The molecule has 0 bridgehead atoms. The molecule has 0 saturated carbocycles. The number of ether oxygens (including phenoxy) is 1. The SMILES string of the molecule is CC[C@H](NC(=O)OC(C)(C)C)C(=O)c1ccsn1. The molecule has 100 valence electrons. The van der Waals surface area contributed by atoms with E-state index in [1.165, 1.54) is 11.5 Å². The van der Waals surface area contributed by atoms with Crippen molar-refractivity contribution < 1.29 is 14.3 Å². The van der Waals surface area contributed by atoms with E-state index < -0.39 is 17.7 Å². The molecule has 1 aromatic rings. The Morgan fingerprint density at radius 3 is 2.61 bits per heavy atom. The summed E-state index contributed by atoms with van der Waals surface area (Å²) in [4.78, 5) is 23.6. The summed E-state index contributed by atoms with van der Waals surface area (Å²) < 4.78 is 9.08. The Labute approximate surface area is 111 Å². The van der Waals surface area contributed by atoms with Crippen molar-refractivity contribution >= 4 is 23.4 Å². The molecular formula is C12H18N2O3S. The lowest BCUT2D eigenvalue weighted by Gasteiger charge is -2.22. The van der Waals surface area contributed by atoms with Gasteiger partial charge in [-0.25, -0.2) is 4.79 Å². The summed E-state index contributed by atoms with van der Waals surface area (Å²) in [6.45, 7) is 7.15. The normalized spacial score (nSPS) is 12.9. The summed E-state index contributed by atoms with van der Waals surface area (Å²) in [6.07, 6.45) is -0.0896. The number of nitrogens with one attached hydrogen (secondary N) is 1. The van der Waals surface area contributed by atoms with Crippen LogP contribution in [0.15, 0.2) is 11.4 Å². The van der Waals surface area contributed by atoms with Gasteiger partial charge in [0.1, 0.15) is 11.3 Å². The van der Waals surface area contributed by atoms with E-state index in [1.807, 2.05) is 6.92 Å². The molecule has 6 heteroatoms. The van der Waals surface area contributed by atoms with Crippen molar-refractivity contribution in [1.29, 1.82) is 0 Å². The van der Waals surface area contributed by atoms with Gasteiger partial charge in [-0.15, -0.1) is 0 Å². The Morgan fingerprint density at radius 2 is 2.17 bits per heavy atom. The standard InChI is InChI=1S/C12H18N2O3S/c1-5-8(10(15)9-6-7-18-14-9)13-11(16)17-12(2,3)4/h6-8H,5H2,1-4H3,(H,13,16)/t8-/m0/s1. The van der Waals surface area contributed by atoms with Gasteiger partial charge in [0.05, 0.1) is 6.04 Å². The van der Waals surface area contributed by atoms with Crippen LogP contribution in [-0.2, 0) is 4.74 Å². The third-order valence-electron chi connectivity index (χ3n) is 2.11. The number of rotatable bonds is 4. The highest BCUT2D eigenvalue weighted by atomic mass is 32.1. The maximum atomic E-state index is 12.0. The van der Waals surface area contributed by atoms with E-state index in [4.69, 9.17) is 4.74 Å². The summed E-state index contributed by atoms with van der Waals surface area (Å²) >= 11 is 1.21. The summed E-state index contributed by atoms with van der Waals surface area (Å²) in [7, 11) is 0. The summed E-state index contributed by atoms with van der Waals surface area (Å²) in [5, 5.41) is 4.29. The number of amides is 1. The van der Waals surface area contributed by atoms with Crippen LogP contribution in [0.1, 0.15) is 44.6 Å². The molecule has 1 aromatic heterocycles. The highest BCUT2D eigenvalue weighted by Crippen LogP contribution is 2.09. The smallest absolute Gasteiger partial charge is 0.408 e. The van der Waals surface area contributed by atoms with E-state index >= 15 is 0 Å². The van der Waals surface area contributed by atoms with Gasteiger partial charge in [0.2, 0.25) is 5.78 Å². The van der Waals surface area contributed by atoms with Gasteiger partial charge in [0.25, 0.3) is 0 Å². The van der Waals surface area contributed by atoms with E-state index in [-0.39, 0.29) is 5.78 Å². The molecule has 0 aliphatic heterocycles. The van der Waals surface area contributed by atoms with Gasteiger partial charge in [-0.1, -0.05) is 6.92 Å². The number of nitrogens with zero attached hydrogens (tertiary/aromatic N) is 1. The van der Waals surface area contributed by atoms with E-state index in [0.29, 0.717) is 12.1 Å². The lowest BCUT2D eigenvalue weighted by atomic mass is 10.1. The Morgan fingerprint density at radius 1 is 1.50 bits per heavy atom. The highest BCUT2D eigenvalue weighted by molar-refractivity contribution is 7.03. The van der Waals surface area contributed by atoms with Crippen LogP contribution in [0.5, 0.6) is 0 Å². The fourth-order valence-electron chi connectivity index (χ4n) is 1.32. The quantitative estimate of drug-likeness (QED) is 0.854. The molecule has 0 unspecified atom stereocenters. The zero-order valence-electron chi connectivity index (χ0n) is 11.0. The van der Waals surface area contributed by atoms with Crippen molar-refractivity contribution in [2.75, 3.05) is 0 Å². The number of carbonyl (C=O) groups excluding carboxylic acids is 2. The second kappa shape index (κ2) is 5.95. The van der Waals surface area contributed by atoms with Crippen molar-refractivity contribution in [3.63, 3.8) is 0 Å². The average Bonchev–Trinajstić information content (AvgIpc) is 2.75. The number of aromatic nitrogens is 1. The van der Waals surface area contributed by atoms with Crippen LogP contribution in [0.25, 0.3) is 0 Å². The molecule has 0 fully saturated rings. The summed E-state index contributed by atoms with van der Waals surface area (Å²) in [5.74, 6) is -0.190. The van der Waals surface area contributed by atoms with Crippen LogP contribution in [-0.4, -0.2) is 27.9 Å². The van der Waals surface area contributed by atoms with Crippen LogP contribution in [0, 0.1) is 0 Å². The molecule has 0 saturated heterocycles. The zero-order valence-corrected chi connectivity index (χ0v) is 11.8. The molecule has 5 nitrogen and oxygen atoms in total. The minimum atomic E-state index is -0.595. The molecule has 1 heterocycles. The largest absolute Gasteiger partial charge is 0.444 e. The minimum absolute atomic E-state index is 0.190. The maximum Gasteiger partial charge on any atom is 0.408 e. The van der Waals surface area contributed by atoms with Crippen LogP contribution in [0.4, 0.5) is 4.79 Å². The monoisotopic (exact) mass is 270 g/mol. The number of ketones is 1. The first-order chi connectivity index (χ1) is 8.33. The number of hydrogen-bond donors (Lipinski definition) is 1. The molecule has 0 aliphatic carbocycles. The molecule has 1 atom stereocenters. The van der Waals surface area contributed by atoms with Crippen molar-refractivity contribution in [3.8, 4) is 0 Å². The summed E-state index contributed by atoms with van der Waals surface area (Å²) in [5.41, 5.74) is -0.200. The molecule has 0 spiro atoms. The molecule has 1 amide bonds. The van der Waals surface area contributed by atoms with Crippen molar-refractivity contribution in [2.24, 2.45) is 0 Å². The second-order valence-corrected chi connectivity index (χ2v) is 5.52. The lowest BCUT2D eigenvalue weighted by Crippen LogP contribution is -2.43. The van der Waals surface area contributed by atoms with Gasteiger partial charge in [-0.05, 0) is 44.8 Å². The first kappa shape index (κ1) is 14.6. The third kappa shape index (κ3) is 4.44. The molecule has 18 heavy (non-hydrogen) atoms. The van der Waals surface area contributed by atoms with Crippen LogP contribution in [0.3, 0.4) is 0 Å². The van der Waals surface area contributed by atoms with E-state index in [2.05, 4.69) is 9.69 Å². The predicted molar refractivity (Wildman–Crippen MR) is 69.9 cm³/mol. The third-order valence-corrected chi connectivity index (χ3v) is 2.67. The second-order valence-electron chi connectivity index (χ2n) is 4.86. The first-order valence-electron chi connectivity index (χ1n) is 5.77. The fourth-order valence-corrected chi connectivity index (χ4v) is 1.84. The molecule has 0 radical (unpaired) electrons. The predicted octanol–water partition coefficient (Wildman–Crippen LogP) is 2.63. The number of Topliss-reactive ketones (excluding diaryl/α,β-unsaturated/α-hetero) is 1. The topological polar surface area (TPSA) is 68.3 Å². The Kier molecular flexibility index (Phi) is 4.84. The van der Waals surface area contributed by atoms with Gasteiger partial charge in [-0.2, -0.15) is 4.37 Å². The van der Waals surface area contributed by atoms with Crippen LogP contribution >= 0.6 is 11.5 Å².